The number of rotatable bonds is 4. The Bertz CT molecular complexity index is 659. The van der Waals surface area contributed by atoms with Crippen molar-refractivity contribution >= 4 is 17.4 Å². The number of carbonyl (C=O) groups is 1. The third-order valence-electron chi connectivity index (χ3n) is 3.60. The minimum Gasteiger partial charge on any atom is -0.491 e. The fourth-order valence-corrected chi connectivity index (χ4v) is 3.13. The summed E-state index contributed by atoms with van der Waals surface area (Å²) in [4.78, 5) is 18.4. The maximum Gasteiger partial charge on any atom is 0.284 e. The van der Waals surface area contributed by atoms with Crippen molar-refractivity contribution in [2.24, 2.45) is 0 Å². The Labute approximate surface area is 131 Å². The maximum atomic E-state index is 12.9. The zero-order valence-corrected chi connectivity index (χ0v) is 13.0. The van der Waals surface area contributed by atoms with E-state index in [1.54, 1.807) is 24.0 Å². The lowest BCUT2D eigenvalue weighted by Gasteiger charge is -2.23. The first-order valence-corrected chi connectivity index (χ1v) is 7.90. The first kappa shape index (κ1) is 14.9. The highest BCUT2D eigenvalue weighted by Crippen LogP contribution is 2.22. The van der Waals surface area contributed by atoms with Gasteiger partial charge in [-0.3, -0.25) is 4.79 Å². The highest BCUT2D eigenvalue weighted by atomic mass is 32.1. The molecule has 1 aliphatic heterocycles. The van der Waals surface area contributed by atoms with Gasteiger partial charge in [0.2, 0.25) is 5.01 Å². The molecule has 5 nitrogen and oxygen atoms in total. The number of aromatic nitrogens is 2. The average molecular weight is 321 g/mol. The van der Waals surface area contributed by atoms with Gasteiger partial charge in [0, 0.05) is 6.54 Å². The molecule has 0 unspecified atom stereocenters. The van der Waals surface area contributed by atoms with E-state index in [2.05, 4.69) is 9.36 Å². The summed E-state index contributed by atoms with van der Waals surface area (Å²) in [7, 11) is 0. The lowest BCUT2D eigenvalue weighted by molar-refractivity contribution is 0.0691. The normalized spacial score (nSPS) is 17.7. The van der Waals surface area contributed by atoms with E-state index in [4.69, 9.17) is 4.74 Å². The number of hydrogen-bond acceptors (Lipinski definition) is 5. The van der Waals surface area contributed by atoms with Crippen molar-refractivity contribution in [3.05, 3.63) is 40.9 Å². The summed E-state index contributed by atoms with van der Waals surface area (Å²) in [6.45, 7) is 2.87. The fourth-order valence-electron chi connectivity index (χ4n) is 2.51. The standard InChI is InChI=1S/C15H16FN3O2S/c1-10-17-14(22-18-10)15(20)19-8-2-3-12(19)9-21-13-6-4-11(16)5-7-13/h4-7,12H,2-3,8-9H2,1H3/t12-/m0/s1. The van der Waals surface area contributed by atoms with Crippen molar-refractivity contribution in [2.45, 2.75) is 25.8 Å². The highest BCUT2D eigenvalue weighted by Gasteiger charge is 2.31. The third-order valence-corrected chi connectivity index (χ3v) is 4.40. The van der Waals surface area contributed by atoms with Crippen molar-refractivity contribution < 1.29 is 13.9 Å². The summed E-state index contributed by atoms with van der Waals surface area (Å²) in [5.74, 6) is 0.839. The Kier molecular flexibility index (Phi) is 4.33. The van der Waals surface area contributed by atoms with Crippen molar-refractivity contribution in [2.75, 3.05) is 13.2 Å². The van der Waals surface area contributed by atoms with Crippen LogP contribution in [-0.2, 0) is 0 Å². The predicted octanol–water partition coefficient (Wildman–Crippen LogP) is 2.67. The number of nitrogens with zero attached hydrogens (tertiary/aromatic N) is 3. The zero-order chi connectivity index (χ0) is 15.5. The Morgan fingerprint density at radius 2 is 2.23 bits per heavy atom. The van der Waals surface area contributed by atoms with Gasteiger partial charge in [-0.2, -0.15) is 4.37 Å². The first-order chi connectivity index (χ1) is 10.6. The molecule has 7 heteroatoms. The van der Waals surface area contributed by atoms with Gasteiger partial charge in [-0.1, -0.05) is 0 Å². The quantitative estimate of drug-likeness (QED) is 0.869. The van der Waals surface area contributed by atoms with Gasteiger partial charge in [0.1, 0.15) is 24.0 Å². The number of ether oxygens (including phenoxy) is 1. The number of amides is 1. The summed E-state index contributed by atoms with van der Waals surface area (Å²) in [5.41, 5.74) is 0. The van der Waals surface area contributed by atoms with E-state index in [1.807, 2.05) is 0 Å². The lowest BCUT2D eigenvalue weighted by atomic mass is 10.2. The molecule has 0 radical (unpaired) electrons. The third kappa shape index (κ3) is 3.24. The molecule has 0 spiro atoms. The van der Waals surface area contributed by atoms with Crippen LogP contribution in [0.5, 0.6) is 5.75 Å². The molecule has 0 N–H and O–H groups in total. The topological polar surface area (TPSA) is 55.3 Å². The molecule has 1 saturated heterocycles. The van der Waals surface area contributed by atoms with Crippen LogP contribution in [0.4, 0.5) is 4.39 Å². The number of likely N-dealkylation sites (tertiary alicyclic amines) is 1. The highest BCUT2D eigenvalue weighted by molar-refractivity contribution is 7.07. The lowest BCUT2D eigenvalue weighted by Crippen LogP contribution is -2.39. The average Bonchev–Trinajstić information content (AvgIpc) is 3.15. The van der Waals surface area contributed by atoms with E-state index >= 15 is 0 Å². The Morgan fingerprint density at radius 3 is 2.91 bits per heavy atom. The molecule has 1 atom stereocenters. The Morgan fingerprint density at radius 1 is 1.45 bits per heavy atom. The minimum absolute atomic E-state index is 0.0155. The zero-order valence-electron chi connectivity index (χ0n) is 12.2. The van der Waals surface area contributed by atoms with Gasteiger partial charge in [0.25, 0.3) is 5.91 Å². The number of hydrogen-bond donors (Lipinski definition) is 0. The van der Waals surface area contributed by atoms with Gasteiger partial charge in [0.05, 0.1) is 6.04 Å². The van der Waals surface area contributed by atoms with Crippen LogP contribution in [0.15, 0.2) is 24.3 Å². The second kappa shape index (κ2) is 6.39. The molecule has 2 heterocycles. The monoisotopic (exact) mass is 321 g/mol. The number of halogens is 1. The summed E-state index contributed by atoms with van der Waals surface area (Å²) in [5, 5.41) is 0.422. The molecule has 116 valence electrons. The molecule has 0 saturated carbocycles. The van der Waals surface area contributed by atoms with Gasteiger partial charge in [0.15, 0.2) is 0 Å². The van der Waals surface area contributed by atoms with Crippen LogP contribution >= 0.6 is 11.5 Å². The van der Waals surface area contributed by atoms with Crippen LogP contribution in [0.1, 0.15) is 28.5 Å². The molecule has 2 aromatic rings. The maximum absolute atomic E-state index is 12.9. The van der Waals surface area contributed by atoms with E-state index < -0.39 is 0 Å². The van der Waals surface area contributed by atoms with Crippen LogP contribution in [0, 0.1) is 12.7 Å². The number of aryl methyl sites for hydroxylation is 1. The van der Waals surface area contributed by atoms with Gasteiger partial charge >= 0.3 is 0 Å². The molecule has 0 aliphatic carbocycles. The SMILES string of the molecule is Cc1nsc(C(=O)N2CCC[C@H]2COc2ccc(F)cc2)n1. The van der Waals surface area contributed by atoms with E-state index in [0.29, 0.717) is 29.7 Å². The predicted molar refractivity (Wildman–Crippen MR) is 80.6 cm³/mol. The van der Waals surface area contributed by atoms with Gasteiger partial charge in [-0.25, -0.2) is 9.37 Å². The second-order valence-electron chi connectivity index (χ2n) is 5.21. The van der Waals surface area contributed by atoms with E-state index in [9.17, 15) is 9.18 Å². The summed E-state index contributed by atoms with van der Waals surface area (Å²) >= 11 is 1.13. The molecule has 1 aliphatic rings. The summed E-state index contributed by atoms with van der Waals surface area (Å²) in [6.07, 6.45) is 1.84. The van der Waals surface area contributed by atoms with Crippen molar-refractivity contribution in [1.29, 1.82) is 0 Å². The Balaban J connectivity index is 1.63. The molecule has 0 bridgehead atoms. The molecule has 1 amide bonds. The van der Waals surface area contributed by atoms with Gasteiger partial charge in [-0.15, -0.1) is 0 Å². The van der Waals surface area contributed by atoms with Crippen molar-refractivity contribution in [3.63, 3.8) is 0 Å². The van der Waals surface area contributed by atoms with Gasteiger partial charge in [-0.05, 0) is 55.6 Å². The van der Waals surface area contributed by atoms with Gasteiger partial charge < -0.3 is 9.64 Å². The first-order valence-electron chi connectivity index (χ1n) is 7.13. The molecule has 1 aromatic carbocycles. The number of carbonyl (C=O) groups excluding carboxylic acids is 1. The van der Waals surface area contributed by atoms with Crippen LogP contribution < -0.4 is 4.74 Å². The van der Waals surface area contributed by atoms with E-state index in [1.165, 1.54) is 12.1 Å². The molecular weight excluding hydrogens is 305 g/mol. The van der Waals surface area contributed by atoms with Crippen molar-refractivity contribution in [3.8, 4) is 5.75 Å². The van der Waals surface area contributed by atoms with E-state index in [-0.39, 0.29) is 17.8 Å². The van der Waals surface area contributed by atoms with Crippen LogP contribution in [0.3, 0.4) is 0 Å². The van der Waals surface area contributed by atoms with Crippen LogP contribution in [0.25, 0.3) is 0 Å². The fraction of sp³-hybridized carbons (Fsp3) is 0.400. The Hall–Kier alpha value is -2.02. The van der Waals surface area contributed by atoms with Crippen LogP contribution in [-0.4, -0.2) is 39.4 Å². The smallest absolute Gasteiger partial charge is 0.284 e. The minimum atomic E-state index is -0.295. The molecule has 1 aromatic heterocycles. The van der Waals surface area contributed by atoms with Crippen molar-refractivity contribution in [1.82, 2.24) is 14.3 Å². The second-order valence-corrected chi connectivity index (χ2v) is 5.96. The summed E-state index contributed by atoms with van der Waals surface area (Å²) < 4.78 is 22.6. The number of benzene rings is 1. The van der Waals surface area contributed by atoms with E-state index in [0.717, 1.165) is 24.4 Å². The molecule has 1 fully saturated rings. The van der Waals surface area contributed by atoms with Crippen LogP contribution in [0.2, 0.25) is 0 Å². The largest absolute Gasteiger partial charge is 0.491 e. The molecule has 3 rings (SSSR count). The summed E-state index contributed by atoms with van der Waals surface area (Å²) in [6, 6.07) is 5.91. The molecule has 22 heavy (non-hydrogen) atoms. The molecular formula is C15H16FN3O2S.